The van der Waals surface area contributed by atoms with Gasteiger partial charge in [0.1, 0.15) is 11.8 Å². The number of rotatable bonds is 10. The zero-order valence-electron chi connectivity index (χ0n) is 21.3. The summed E-state index contributed by atoms with van der Waals surface area (Å²) < 4.78 is 5.99. The van der Waals surface area contributed by atoms with Crippen molar-refractivity contribution in [2.75, 3.05) is 6.61 Å². The van der Waals surface area contributed by atoms with Crippen LogP contribution in [0, 0.1) is 13.8 Å². The van der Waals surface area contributed by atoms with E-state index in [1.54, 1.807) is 4.90 Å². The molecule has 1 atom stereocenters. The molecule has 0 bridgehead atoms. The Morgan fingerprint density at radius 3 is 2.22 bits per heavy atom. The van der Waals surface area contributed by atoms with Crippen molar-refractivity contribution in [3.63, 3.8) is 0 Å². The molecule has 188 valence electrons. The highest BCUT2D eigenvalue weighted by Crippen LogP contribution is 2.22. The van der Waals surface area contributed by atoms with E-state index in [9.17, 15) is 9.59 Å². The van der Waals surface area contributed by atoms with Gasteiger partial charge >= 0.3 is 0 Å². The third-order valence-electron chi connectivity index (χ3n) is 6.86. The van der Waals surface area contributed by atoms with Crippen LogP contribution in [-0.2, 0) is 22.6 Å². The fourth-order valence-electron chi connectivity index (χ4n) is 4.79. The number of hydrogen-bond acceptors (Lipinski definition) is 3. The molecule has 1 N–H and O–H groups in total. The number of carbonyl (C=O) groups is 2. The Morgan fingerprint density at radius 1 is 0.917 bits per heavy atom. The summed E-state index contributed by atoms with van der Waals surface area (Å²) in [5, 5.41) is 3.24. The van der Waals surface area contributed by atoms with Crippen molar-refractivity contribution in [2.24, 2.45) is 0 Å². The molecule has 0 spiro atoms. The van der Waals surface area contributed by atoms with Crippen molar-refractivity contribution in [3.05, 3.63) is 101 Å². The predicted molar refractivity (Wildman–Crippen MR) is 143 cm³/mol. The molecule has 0 radical (unpaired) electrons. The number of nitrogens with zero attached hydrogens (tertiary/aromatic N) is 1. The predicted octanol–water partition coefficient (Wildman–Crippen LogP) is 5.38. The van der Waals surface area contributed by atoms with Gasteiger partial charge in [-0.1, -0.05) is 85.6 Å². The van der Waals surface area contributed by atoms with Crippen LogP contribution in [-0.4, -0.2) is 35.4 Å². The van der Waals surface area contributed by atoms with Crippen LogP contribution in [0.3, 0.4) is 0 Å². The van der Waals surface area contributed by atoms with Crippen molar-refractivity contribution >= 4 is 11.8 Å². The van der Waals surface area contributed by atoms with Crippen LogP contribution in [0.5, 0.6) is 5.75 Å². The average molecular weight is 485 g/mol. The Hall–Kier alpha value is -3.60. The quantitative estimate of drug-likeness (QED) is 0.420. The minimum atomic E-state index is -0.636. The molecule has 5 heteroatoms. The summed E-state index contributed by atoms with van der Waals surface area (Å²) in [6.45, 7) is 4.18. The van der Waals surface area contributed by atoms with Gasteiger partial charge in [0.05, 0.1) is 0 Å². The highest BCUT2D eigenvalue weighted by atomic mass is 16.5. The molecule has 1 aliphatic carbocycles. The molecule has 4 rings (SSSR count). The summed E-state index contributed by atoms with van der Waals surface area (Å²) in [6.07, 6.45) is 4.69. The van der Waals surface area contributed by atoms with Crippen LogP contribution in [0.4, 0.5) is 0 Å². The van der Waals surface area contributed by atoms with Gasteiger partial charge in [-0.05, 0) is 55.0 Å². The molecular formula is C31H36N2O3. The number of amides is 2. The van der Waals surface area contributed by atoms with E-state index < -0.39 is 6.04 Å². The van der Waals surface area contributed by atoms with Gasteiger partial charge in [0.25, 0.3) is 5.91 Å². The summed E-state index contributed by atoms with van der Waals surface area (Å²) in [5.41, 5.74) is 4.04. The Morgan fingerprint density at radius 2 is 1.56 bits per heavy atom. The van der Waals surface area contributed by atoms with Gasteiger partial charge in [0, 0.05) is 19.0 Å². The molecule has 0 aliphatic heterocycles. The van der Waals surface area contributed by atoms with Crippen LogP contribution in [0.1, 0.15) is 47.9 Å². The lowest BCUT2D eigenvalue weighted by molar-refractivity contribution is -0.143. The van der Waals surface area contributed by atoms with Crippen molar-refractivity contribution in [1.29, 1.82) is 0 Å². The summed E-state index contributed by atoms with van der Waals surface area (Å²) in [6, 6.07) is 25.2. The molecule has 0 unspecified atom stereocenters. The molecule has 5 nitrogen and oxygen atoms in total. The lowest BCUT2D eigenvalue weighted by Gasteiger charge is -2.32. The fraction of sp³-hybridized carbons (Fsp3) is 0.355. The van der Waals surface area contributed by atoms with Crippen LogP contribution in [0.2, 0.25) is 0 Å². The maximum Gasteiger partial charge on any atom is 0.261 e. The summed E-state index contributed by atoms with van der Waals surface area (Å²) >= 11 is 0. The van der Waals surface area contributed by atoms with E-state index >= 15 is 0 Å². The molecule has 3 aromatic carbocycles. The number of benzene rings is 3. The third kappa shape index (κ3) is 6.97. The number of nitrogens with one attached hydrogen (secondary N) is 1. The Labute approximate surface area is 214 Å². The number of carbonyl (C=O) groups excluding carboxylic acids is 2. The average Bonchev–Trinajstić information content (AvgIpc) is 3.40. The van der Waals surface area contributed by atoms with Crippen molar-refractivity contribution < 1.29 is 14.3 Å². The molecule has 36 heavy (non-hydrogen) atoms. The Kier molecular flexibility index (Phi) is 8.77. The van der Waals surface area contributed by atoms with Crippen molar-refractivity contribution in [3.8, 4) is 5.75 Å². The first-order chi connectivity index (χ1) is 17.5. The Balaban J connectivity index is 1.60. The molecule has 2 amide bonds. The first kappa shape index (κ1) is 25.5. The minimum Gasteiger partial charge on any atom is -0.483 e. The first-order valence-electron chi connectivity index (χ1n) is 12.9. The van der Waals surface area contributed by atoms with Crippen molar-refractivity contribution in [2.45, 2.75) is 64.6 Å². The standard InChI is InChI=1S/C31H36N2O3/c1-23-17-18-24(2)29(19-23)36-22-30(34)33(21-26-13-7-4-8-14-26)28(20-25-11-5-3-6-12-25)31(35)32-27-15-9-10-16-27/h3-8,11-14,17-19,27-28H,9-10,15-16,20-22H2,1-2H3,(H,32,35)/t28-/m1/s1. The van der Waals surface area contributed by atoms with Gasteiger partial charge < -0.3 is 15.0 Å². The molecule has 1 aliphatic rings. The summed E-state index contributed by atoms with van der Waals surface area (Å²) in [5.74, 6) is 0.391. The van der Waals surface area contributed by atoms with Crippen molar-refractivity contribution in [1.82, 2.24) is 10.2 Å². The highest BCUT2D eigenvalue weighted by Gasteiger charge is 2.32. The van der Waals surface area contributed by atoms with E-state index in [-0.39, 0.29) is 24.5 Å². The van der Waals surface area contributed by atoms with Gasteiger partial charge in [-0.2, -0.15) is 0 Å². The monoisotopic (exact) mass is 484 g/mol. The SMILES string of the molecule is Cc1ccc(C)c(OCC(=O)N(Cc2ccccc2)[C@H](Cc2ccccc2)C(=O)NC2CCCC2)c1. The second kappa shape index (κ2) is 12.4. The zero-order valence-corrected chi connectivity index (χ0v) is 21.3. The van der Waals surface area contributed by atoms with Gasteiger partial charge in [0.2, 0.25) is 5.91 Å². The van der Waals surface area contributed by atoms with Gasteiger partial charge in [-0.25, -0.2) is 0 Å². The van der Waals surface area contributed by atoms with E-state index in [1.165, 1.54) is 0 Å². The largest absolute Gasteiger partial charge is 0.483 e. The second-order valence-electron chi connectivity index (χ2n) is 9.76. The van der Waals surface area contributed by atoms with Gasteiger partial charge in [0.15, 0.2) is 6.61 Å². The molecule has 3 aromatic rings. The number of ether oxygens (including phenoxy) is 1. The smallest absolute Gasteiger partial charge is 0.261 e. The van der Waals surface area contributed by atoms with Gasteiger partial charge in [-0.3, -0.25) is 9.59 Å². The lowest BCUT2D eigenvalue weighted by atomic mass is 10.0. The van der Waals surface area contributed by atoms with E-state index in [0.717, 1.165) is 47.9 Å². The summed E-state index contributed by atoms with van der Waals surface area (Å²) in [4.78, 5) is 29.1. The van der Waals surface area contributed by atoms with Crippen LogP contribution in [0.15, 0.2) is 78.9 Å². The molecule has 1 saturated carbocycles. The maximum absolute atomic E-state index is 13.7. The molecular weight excluding hydrogens is 448 g/mol. The summed E-state index contributed by atoms with van der Waals surface area (Å²) in [7, 11) is 0. The fourth-order valence-corrected chi connectivity index (χ4v) is 4.79. The molecule has 1 fully saturated rings. The zero-order chi connectivity index (χ0) is 25.3. The lowest BCUT2D eigenvalue weighted by Crippen LogP contribution is -2.53. The van der Waals surface area contributed by atoms with Gasteiger partial charge in [-0.15, -0.1) is 0 Å². The van der Waals surface area contributed by atoms with Crippen LogP contribution in [0.25, 0.3) is 0 Å². The minimum absolute atomic E-state index is 0.0956. The van der Waals surface area contributed by atoms with E-state index in [0.29, 0.717) is 18.7 Å². The molecule has 0 aromatic heterocycles. The third-order valence-corrected chi connectivity index (χ3v) is 6.86. The van der Waals surface area contributed by atoms with Crippen LogP contribution < -0.4 is 10.1 Å². The van der Waals surface area contributed by atoms with Crippen LogP contribution >= 0.6 is 0 Å². The van der Waals surface area contributed by atoms with E-state index in [2.05, 4.69) is 5.32 Å². The number of aryl methyl sites for hydroxylation is 2. The van der Waals surface area contributed by atoms with E-state index in [4.69, 9.17) is 4.74 Å². The normalized spacial score (nSPS) is 14.3. The molecule has 0 heterocycles. The Bertz CT molecular complexity index is 1140. The van der Waals surface area contributed by atoms with E-state index in [1.807, 2.05) is 92.7 Å². The second-order valence-corrected chi connectivity index (χ2v) is 9.76. The topological polar surface area (TPSA) is 58.6 Å². The maximum atomic E-state index is 13.7. The first-order valence-corrected chi connectivity index (χ1v) is 12.9. The number of hydrogen-bond donors (Lipinski definition) is 1. The molecule has 0 saturated heterocycles. The highest BCUT2D eigenvalue weighted by molar-refractivity contribution is 5.88.